The van der Waals surface area contributed by atoms with E-state index in [1.165, 1.54) is 0 Å². The third-order valence-corrected chi connectivity index (χ3v) is 3.56. The second kappa shape index (κ2) is 6.50. The van der Waals surface area contributed by atoms with Crippen LogP contribution in [0.15, 0.2) is 23.1 Å². The average molecular weight is 318 g/mol. The van der Waals surface area contributed by atoms with Gasteiger partial charge < -0.3 is 10.1 Å². The van der Waals surface area contributed by atoms with Gasteiger partial charge in [0.05, 0.1) is 10.5 Å². The standard InChI is InChI=1S/C13H19FN2O4S/c1-4-20-13(2,3)8-16-12(17)9-5-10(14)7-11(6-9)21(15,18)19/h5-7H,4,8H2,1-3H3,(H,16,17)(H2,15,18,19). The van der Waals surface area contributed by atoms with Crippen LogP contribution in [0.5, 0.6) is 0 Å². The number of nitrogens with one attached hydrogen (secondary N) is 1. The number of rotatable bonds is 6. The van der Waals surface area contributed by atoms with E-state index in [-0.39, 0.29) is 12.1 Å². The van der Waals surface area contributed by atoms with Crippen LogP contribution >= 0.6 is 0 Å². The quantitative estimate of drug-likeness (QED) is 0.818. The van der Waals surface area contributed by atoms with Gasteiger partial charge in [0.25, 0.3) is 5.91 Å². The Morgan fingerprint density at radius 3 is 2.52 bits per heavy atom. The molecule has 3 N–H and O–H groups in total. The molecule has 0 aliphatic rings. The Bertz CT molecular complexity index is 629. The van der Waals surface area contributed by atoms with Crippen molar-refractivity contribution < 1.29 is 22.3 Å². The molecule has 0 unspecified atom stereocenters. The maximum absolute atomic E-state index is 13.4. The fraction of sp³-hybridized carbons (Fsp3) is 0.462. The number of hydrogen-bond donors (Lipinski definition) is 2. The molecule has 0 bridgehead atoms. The Hall–Kier alpha value is -1.51. The van der Waals surface area contributed by atoms with Gasteiger partial charge in [0, 0.05) is 18.7 Å². The van der Waals surface area contributed by atoms with Crippen molar-refractivity contribution in [3.8, 4) is 0 Å². The summed E-state index contributed by atoms with van der Waals surface area (Å²) in [7, 11) is -4.08. The first-order chi connectivity index (χ1) is 9.55. The molecule has 6 nitrogen and oxygen atoms in total. The molecule has 1 aromatic rings. The van der Waals surface area contributed by atoms with Crippen LogP contribution in [0.25, 0.3) is 0 Å². The molecule has 1 amide bonds. The van der Waals surface area contributed by atoms with Crippen molar-refractivity contribution in [1.82, 2.24) is 5.32 Å². The zero-order valence-electron chi connectivity index (χ0n) is 12.1. The Morgan fingerprint density at radius 1 is 1.38 bits per heavy atom. The fourth-order valence-corrected chi connectivity index (χ4v) is 2.26. The second-order valence-corrected chi connectivity index (χ2v) is 6.66. The Morgan fingerprint density at radius 2 is 2.00 bits per heavy atom. The zero-order valence-corrected chi connectivity index (χ0v) is 13.0. The Kier molecular flexibility index (Phi) is 5.43. The number of primary sulfonamides is 1. The zero-order chi connectivity index (χ0) is 16.3. The number of sulfonamides is 1. The average Bonchev–Trinajstić information content (AvgIpc) is 2.34. The van der Waals surface area contributed by atoms with E-state index in [0.717, 1.165) is 18.2 Å². The number of hydrogen-bond acceptors (Lipinski definition) is 4. The Labute approximate surface area is 123 Å². The molecule has 8 heteroatoms. The summed E-state index contributed by atoms with van der Waals surface area (Å²) in [6, 6.07) is 2.73. The number of carbonyl (C=O) groups is 1. The first kappa shape index (κ1) is 17.5. The van der Waals surface area contributed by atoms with Crippen LogP contribution in [0.2, 0.25) is 0 Å². The Balaban J connectivity index is 2.91. The fourth-order valence-electron chi connectivity index (χ4n) is 1.70. The van der Waals surface area contributed by atoms with Crippen LogP contribution < -0.4 is 10.5 Å². The highest BCUT2D eigenvalue weighted by Gasteiger charge is 2.20. The lowest BCUT2D eigenvalue weighted by molar-refractivity contribution is -0.00815. The van der Waals surface area contributed by atoms with Crippen molar-refractivity contribution >= 4 is 15.9 Å². The number of nitrogens with two attached hydrogens (primary N) is 1. The van der Waals surface area contributed by atoms with Crippen molar-refractivity contribution in [2.45, 2.75) is 31.3 Å². The lowest BCUT2D eigenvalue weighted by Gasteiger charge is -2.24. The molecular weight excluding hydrogens is 299 g/mol. The van der Waals surface area contributed by atoms with E-state index in [1.54, 1.807) is 13.8 Å². The summed E-state index contributed by atoms with van der Waals surface area (Å²) in [6.45, 7) is 6.09. The third kappa shape index (κ3) is 5.41. The van der Waals surface area contributed by atoms with Gasteiger partial charge in [-0.05, 0) is 39.0 Å². The summed E-state index contributed by atoms with van der Waals surface area (Å²) < 4.78 is 41.2. The number of ether oxygens (including phenoxy) is 1. The van der Waals surface area contributed by atoms with Crippen LogP contribution in [-0.4, -0.2) is 33.1 Å². The van der Waals surface area contributed by atoms with Crippen molar-refractivity contribution in [2.75, 3.05) is 13.2 Å². The summed E-state index contributed by atoms with van der Waals surface area (Å²) in [5, 5.41) is 7.49. The first-order valence-corrected chi connectivity index (χ1v) is 7.85. The van der Waals surface area contributed by atoms with E-state index in [9.17, 15) is 17.6 Å². The van der Waals surface area contributed by atoms with E-state index < -0.39 is 32.2 Å². The van der Waals surface area contributed by atoms with Gasteiger partial charge >= 0.3 is 0 Å². The molecule has 0 aromatic heterocycles. The molecule has 0 aliphatic heterocycles. The molecule has 1 rings (SSSR count). The van der Waals surface area contributed by atoms with Gasteiger partial charge in [0.2, 0.25) is 10.0 Å². The van der Waals surface area contributed by atoms with Crippen molar-refractivity contribution in [1.29, 1.82) is 0 Å². The molecule has 0 heterocycles. The second-order valence-electron chi connectivity index (χ2n) is 5.10. The molecule has 0 saturated carbocycles. The molecule has 0 fully saturated rings. The van der Waals surface area contributed by atoms with Gasteiger partial charge in [-0.3, -0.25) is 4.79 Å². The summed E-state index contributed by atoms with van der Waals surface area (Å²) in [6.07, 6.45) is 0. The van der Waals surface area contributed by atoms with E-state index in [2.05, 4.69) is 5.32 Å². The van der Waals surface area contributed by atoms with E-state index in [0.29, 0.717) is 6.61 Å². The summed E-state index contributed by atoms with van der Waals surface area (Å²) in [5.74, 6) is -1.46. The molecule has 118 valence electrons. The van der Waals surface area contributed by atoms with Crippen LogP contribution in [0, 0.1) is 5.82 Å². The first-order valence-electron chi connectivity index (χ1n) is 6.31. The summed E-state index contributed by atoms with van der Waals surface area (Å²) in [4.78, 5) is 11.5. The van der Waals surface area contributed by atoms with Crippen LogP contribution in [-0.2, 0) is 14.8 Å². The minimum atomic E-state index is -4.08. The normalized spacial score (nSPS) is 12.2. The number of carbonyl (C=O) groups excluding carboxylic acids is 1. The maximum Gasteiger partial charge on any atom is 0.251 e. The van der Waals surface area contributed by atoms with Crippen LogP contribution in [0.1, 0.15) is 31.1 Å². The largest absolute Gasteiger partial charge is 0.374 e. The highest BCUT2D eigenvalue weighted by molar-refractivity contribution is 7.89. The lowest BCUT2D eigenvalue weighted by atomic mass is 10.1. The smallest absolute Gasteiger partial charge is 0.251 e. The highest BCUT2D eigenvalue weighted by atomic mass is 32.2. The molecular formula is C13H19FN2O4S. The molecule has 21 heavy (non-hydrogen) atoms. The molecule has 0 aliphatic carbocycles. The van der Waals surface area contributed by atoms with Crippen molar-refractivity contribution in [3.05, 3.63) is 29.6 Å². The monoisotopic (exact) mass is 318 g/mol. The van der Waals surface area contributed by atoms with E-state index >= 15 is 0 Å². The number of benzene rings is 1. The topological polar surface area (TPSA) is 98.5 Å². The van der Waals surface area contributed by atoms with Gasteiger partial charge in [-0.2, -0.15) is 0 Å². The SMILES string of the molecule is CCOC(C)(C)CNC(=O)c1cc(F)cc(S(N)(=O)=O)c1. The van der Waals surface area contributed by atoms with E-state index in [1.807, 2.05) is 6.92 Å². The number of halogens is 1. The molecule has 0 radical (unpaired) electrons. The van der Waals surface area contributed by atoms with Crippen LogP contribution in [0.3, 0.4) is 0 Å². The third-order valence-electron chi connectivity index (χ3n) is 2.67. The molecule has 1 aromatic carbocycles. The molecule has 0 atom stereocenters. The predicted molar refractivity (Wildman–Crippen MR) is 75.8 cm³/mol. The van der Waals surface area contributed by atoms with Gasteiger partial charge in [-0.15, -0.1) is 0 Å². The van der Waals surface area contributed by atoms with Gasteiger partial charge in [0.15, 0.2) is 0 Å². The number of amides is 1. The van der Waals surface area contributed by atoms with Crippen molar-refractivity contribution in [3.63, 3.8) is 0 Å². The van der Waals surface area contributed by atoms with Crippen LogP contribution in [0.4, 0.5) is 4.39 Å². The minimum Gasteiger partial charge on any atom is -0.374 e. The lowest BCUT2D eigenvalue weighted by Crippen LogP contribution is -2.40. The van der Waals surface area contributed by atoms with Gasteiger partial charge in [-0.1, -0.05) is 0 Å². The molecule has 0 spiro atoms. The summed E-state index contributed by atoms with van der Waals surface area (Å²) in [5.41, 5.74) is -0.702. The predicted octanol–water partition coefficient (Wildman–Crippen LogP) is 1.02. The van der Waals surface area contributed by atoms with E-state index in [4.69, 9.17) is 9.88 Å². The van der Waals surface area contributed by atoms with Crippen molar-refractivity contribution in [2.24, 2.45) is 5.14 Å². The van der Waals surface area contributed by atoms with Gasteiger partial charge in [-0.25, -0.2) is 17.9 Å². The molecule has 0 saturated heterocycles. The highest BCUT2D eigenvalue weighted by Crippen LogP contribution is 2.14. The van der Waals surface area contributed by atoms with Gasteiger partial charge in [0.1, 0.15) is 5.82 Å². The summed E-state index contributed by atoms with van der Waals surface area (Å²) >= 11 is 0. The maximum atomic E-state index is 13.4. The minimum absolute atomic E-state index is 0.119.